The van der Waals surface area contributed by atoms with Gasteiger partial charge in [-0.2, -0.15) is 0 Å². The first kappa shape index (κ1) is 20.4. The SMILES string of the molecule is COc1ccc(NC(=O)C(NNC(=O)c2ccccc2)c2ccccc2)cc1Cl. The number of carbonyl (C=O) groups excluding carboxylic acids is 2. The number of hydrogen-bond donors (Lipinski definition) is 3. The molecule has 7 heteroatoms. The molecule has 2 amide bonds. The highest BCUT2D eigenvalue weighted by Crippen LogP contribution is 2.27. The molecule has 6 nitrogen and oxygen atoms in total. The summed E-state index contributed by atoms with van der Waals surface area (Å²) in [5.74, 6) is -0.185. The number of methoxy groups -OCH3 is 1. The Morgan fingerprint density at radius 1 is 0.931 bits per heavy atom. The van der Waals surface area contributed by atoms with Gasteiger partial charge >= 0.3 is 0 Å². The smallest absolute Gasteiger partial charge is 0.265 e. The summed E-state index contributed by atoms with van der Waals surface area (Å²) in [6, 6.07) is 22.0. The van der Waals surface area contributed by atoms with Crippen LogP contribution in [0, 0.1) is 0 Å². The molecule has 0 radical (unpaired) electrons. The number of benzene rings is 3. The van der Waals surface area contributed by atoms with Crippen LogP contribution in [0.1, 0.15) is 22.0 Å². The highest BCUT2D eigenvalue weighted by atomic mass is 35.5. The van der Waals surface area contributed by atoms with Crippen molar-refractivity contribution in [2.45, 2.75) is 6.04 Å². The second-order valence-corrected chi connectivity index (χ2v) is 6.55. The Labute approximate surface area is 173 Å². The Morgan fingerprint density at radius 2 is 1.59 bits per heavy atom. The lowest BCUT2D eigenvalue weighted by Gasteiger charge is -2.20. The number of amides is 2. The zero-order valence-electron chi connectivity index (χ0n) is 15.7. The molecule has 148 valence electrons. The van der Waals surface area contributed by atoms with Gasteiger partial charge in [0.15, 0.2) is 0 Å². The first-order chi connectivity index (χ1) is 14.1. The van der Waals surface area contributed by atoms with Crippen LogP contribution in [0.3, 0.4) is 0 Å². The van der Waals surface area contributed by atoms with Crippen LogP contribution in [0.25, 0.3) is 0 Å². The van der Waals surface area contributed by atoms with E-state index in [1.54, 1.807) is 54.6 Å². The summed E-state index contributed by atoms with van der Waals surface area (Å²) < 4.78 is 5.12. The van der Waals surface area contributed by atoms with E-state index in [1.165, 1.54) is 7.11 Å². The van der Waals surface area contributed by atoms with Crippen molar-refractivity contribution in [1.82, 2.24) is 10.9 Å². The molecule has 0 aromatic heterocycles. The van der Waals surface area contributed by atoms with Crippen molar-refractivity contribution in [2.24, 2.45) is 0 Å². The Hall–Kier alpha value is -3.35. The molecule has 0 aliphatic rings. The third kappa shape index (κ3) is 5.34. The van der Waals surface area contributed by atoms with E-state index >= 15 is 0 Å². The van der Waals surface area contributed by atoms with Crippen LogP contribution in [0.4, 0.5) is 5.69 Å². The number of rotatable bonds is 7. The molecule has 0 fully saturated rings. The Bertz CT molecular complexity index is 981. The van der Waals surface area contributed by atoms with E-state index in [2.05, 4.69) is 16.2 Å². The molecule has 0 saturated heterocycles. The van der Waals surface area contributed by atoms with Crippen molar-refractivity contribution >= 4 is 29.1 Å². The zero-order valence-corrected chi connectivity index (χ0v) is 16.4. The highest BCUT2D eigenvalue weighted by molar-refractivity contribution is 6.32. The van der Waals surface area contributed by atoms with Gasteiger partial charge in [0.25, 0.3) is 5.91 Å². The third-order valence-corrected chi connectivity index (χ3v) is 4.48. The molecule has 0 bridgehead atoms. The molecule has 1 unspecified atom stereocenters. The molecule has 3 aromatic carbocycles. The van der Waals surface area contributed by atoms with Gasteiger partial charge in [-0.15, -0.1) is 0 Å². The lowest BCUT2D eigenvalue weighted by molar-refractivity contribution is -0.118. The Kier molecular flexibility index (Phi) is 6.84. The lowest BCUT2D eigenvalue weighted by Crippen LogP contribution is -2.44. The van der Waals surface area contributed by atoms with Crippen molar-refractivity contribution in [3.05, 3.63) is 95.0 Å². The molecule has 3 rings (SSSR count). The average Bonchev–Trinajstić information content (AvgIpc) is 2.75. The Morgan fingerprint density at radius 3 is 2.21 bits per heavy atom. The van der Waals surface area contributed by atoms with Gasteiger partial charge in [-0.25, -0.2) is 5.43 Å². The normalized spacial score (nSPS) is 11.4. The zero-order chi connectivity index (χ0) is 20.6. The van der Waals surface area contributed by atoms with Gasteiger partial charge in [0.05, 0.1) is 12.1 Å². The first-order valence-electron chi connectivity index (χ1n) is 8.89. The van der Waals surface area contributed by atoms with Crippen LogP contribution in [0.15, 0.2) is 78.9 Å². The first-order valence-corrected chi connectivity index (χ1v) is 9.26. The van der Waals surface area contributed by atoms with Crippen LogP contribution < -0.4 is 20.9 Å². The van der Waals surface area contributed by atoms with Crippen LogP contribution in [-0.4, -0.2) is 18.9 Å². The summed E-state index contributed by atoms with van der Waals surface area (Å²) in [6.07, 6.45) is 0. The standard InChI is InChI=1S/C22H20ClN3O3/c1-29-19-13-12-17(14-18(19)23)24-22(28)20(15-8-4-2-5-9-15)25-26-21(27)16-10-6-3-7-11-16/h2-14,20,25H,1H3,(H,24,28)(H,26,27). The predicted molar refractivity (Wildman–Crippen MR) is 113 cm³/mol. The number of halogens is 1. The molecule has 0 spiro atoms. The van der Waals surface area contributed by atoms with Crippen molar-refractivity contribution in [2.75, 3.05) is 12.4 Å². The molecule has 0 aliphatic carbocycles. The molecule has 1 atom stereocenters. The van der Waals surface area contributed by atoms with Gasteiger partial charge in [-0.05, 0) is 35.9 Å². The molecular formula is C22H20ClN3O3. The number of nitrogens with one attached hydrogen (secondary N) is 3. The topological polar surface area (TPSA) is 79.5 Å². The van der Waals surface area contributed by atoms with E-state index < -0.39 is 6.04 Å². The van der Waals surface area contributed by atoms with Crippen molar-refractivity contribution < 1.29 is 14.3 Å². The second kappa shape index (κ2) is 9.73. The van der Waals surface area contributed by atoms with Crippen molar-refractivity contribution in [3.8, 4) is 5.75 Å². The van der Waals surface area contributed by atoms with Crippen LogP contribution in [0.5, 0.6) is 5.75 Å². The van der Waals surface area contributed by atoms with Gasteiger partial charge in [0.2, 0.25) is 5.91 Å². The molecule has 0 heterocycles. The minimum Gasteiger partial charge on any atom is -0.495 e. The van der Waals surface area contributed by atoms with E-state index in [0.29, 0.717) is 27.6 Å². The average molecular weight is 410 g/mol. The van der Waals surface area contributed by atoms with Crippen LogP contribution >= 0.6 is 11.6 Å². The molecule has 29 heavy (non-hydrogen) atoms. The maximum atomic E-state index is 12.9. The second-order valence-electron chi connectivity index (χ2n) is 6.15. The van der Waals surface area contributed by atoms with Gasteiger partial charge in [-0.3, -0.25) is 15.0 Å². The number of hydrogen-bond acceptors (Lipinski definition) is 4. The fraction of sp³-hybridized carbons (Fsp3) is 0.0909. The summed E-state index contributed by atoms with van der Waals surface area (Å²) in [5.41, 5.74) is 7.11. The largest absolute Gasteiger partial charge is 0.495 e. The summed E-state index contributed by atoms with van der Waals surface area (Å²) in [7, 11) is 1.52. The van der Waals surface area contributed by atoms with Gasteiger partial charge in [0, 0.05) is 11.3 Å². The van der Waals surface area contributed by atoms with Crippen molar-refractivity contribution in [1.29, 1.82) is 0 Å². The highest BCUT2D eigenvalue weighted by Gasteiger charge is 2.21. The summed E-state index contributed by atoms with van der Waals surface area (Å²) >= 11 is 6.13. The van der Waals surface area contributed by atoms with Gasteiger partial charge in [-0.1, -0.05) is 60.1 Å². The minimum absolute atomic E-state index is 0.341. The molecule has 0 saturated carbocycles. The summed E-state index contributed by atoms with van der Waals surface area (Å²) in [4.78, 5) is 25.3. The Balaban J connectivity index is 1.75. The molecule has 0 aliphatic heterocycles. The van der Waals surface area contributed by atoms with E-state index in [4.69, 9.17) is 16.3 Å². The number of anilines is 1. The van der Waals surface area contributed by atoms with E-state index in [9.17, 15) is 9.59 Å². The van der Waals surface area contributed by atoms with Gasteiger partial charge < -0.3 is 10.1 Å². The molecule has 3 aromatic rings. The fourth-order valence-corrected chi connectivity index (χ4v) is 2.96. The number of carbonyl (C=O) groups is 2. The predicted octanol–water partition coefficient (Wildman–Crippen LogP) is 3.96. The third-order valence-electron chi connectivity index (χ3n) is 4.18. The lowest BCUT2D eigenvalue weighted by atomic mass is 10.1. The van der Waals surface area contributed by atoms with Crippen LogP contribution in [0.2, 0.25) is 5.02 Å². The number of ether oxygens (including phenoxy) is 1. The summed E-state index contributed by atoms with van der Waals surface area (Å²) in [6.45, 7) is 0. The quantitative estimate of drug-likeness (QED) is 0.516. The summed E-state index contributed by atoms with van der Waals surface area (Å²) in [5, 5.41) is 3.18. The van der Waals surface area contributed by atoms with Crippen molar-refractivity contribution in [3.63, 3.8) is 0 Å². The minimum atomic E-state index is -0.815. The van der Waals surface area contributed by atoms with Gasteiger partial charge in [0.1, 0.15) is 11.8 Å². The van der Waals surface area contributed by atoms with E-state index in [-0.39, 0.29) is 11.8 Å². The maximum Gasteiger partial charge on any atom is 0.265 e. The van der Waals surface area contributed by atoms with E-state index in [1.807, 2.05) is 24.3 Å². The molecular weight excluding hydrogens is 390 g/mol. The molecule has 3 N–H and O–H groups in total. The number of hydrazine groups is 1. The van der Waals surface area contributed by atoms with Crippen LogP contribution in [-0.2, 0) is 4.79 Å². The monoisotopic (exact) mass is 409 g/mol. The maximum absolute atomic E-state index is 12.9. The van der Waals surface area contributed by atoms with E-state index in [0.717, 1.165) is 0 Å². The fourth-order valence-electron chi connectivity index (χ4n) is 2.70.